The van der Waals surface area contributed by atoms with Crippen LogP contribution in [0.25, 0.3) is 0 Å². The molecule has 2 amide bonds. The van der Waals surface area contributed by atoms with E-state index in [-0.39, 0.29) is 18.4 Å². The highest BCUT2D eigenvalue weighted by atomic mass is 16.2. The first kappa shape index (κ1) is 18.3. The van der Waals surface area contributed by atoms with Gasteiger partial charge in [-0.25, -0.2) is 9.67 Å². The number of rotatable bonds is 7. The van der Waals surface area contributed by atoms with Gasteiger partial charge in [-0.15, -0.1) is 0 Å². The Kier molecular flexibility index (Phi) is 5.94. The number of carbonyl (C=O) groups excluding carboxylic acids is 2. The predicted molar refractivity (Wildman–Crippen MR) is 101 cm³/mol. The largest absolute Gasteiger partial charge is 0.350 e. The van der Waals surface area contributed by atoms with Gasteiger partial charge >= 0.3 is 0 Å². The normalized spacial score (nSPS) is 10.4. The number of hydrogen-bond acceptors (Lipinski definition) is 4. The molecule has 0 unspecified atom stereocenters. The van der Waals surface area contributed by atoms with Gasteiger partial charge in [0.15, 0.2) is 0 Å². The lowest BCUT2D eigenvalue weighted by Gasteiger charge is -2.09. The number of benzene rings is 2. The summed E-state index contributed by atoms with van der Waals surface area (Å²) in [4.78, 5) is 28.0. The van der Waals surface area contributed by atoms with Crippen LogP contribution in [0.5, 0.6) is 0 Å². The Bertz CT molecular complexity index is 904. The molecule has 7 heteroatoms. The first-order valence-corrected chi connectivity index (χ1v) is 8.62. The summed E-state index contributed by atoms with van der Waals surface area (Å²) >= 11 is 0. The molecule has 3 rings (SSSR count). The second-order valence-corrected chi connectivity index (χ2v) is 6.18. The zero-order valence-electron chi connectivity index (χ0n) is 15.1. The molecule has 0 spiro atoms. The van der Waals surface area contributed by atoms with Crippen molar-refractivity contribution in [3.05, 3.63) is 83.4 Å². The lowest BCUT2D eigenvalue weighted by molar-refractivity contribution is -0.120. The summed E-state index contributed by atoms with van der Waals surface area (Å²) < 4.78 is 1.74. The van der Waals surface area contributed by atoms with Crippen LogP contribution in [0.2, 0.25) is 0 Å². The van der Waals surface area contributed by atoms with Gasteiger partial charge in [-0.1, -0.05) is 42.5 Å². The number of aromatic nitrogens is 3. The molecule has 2 N–H and O–H groups in total. The molecule has 2 aromatic carbocycles. The smallest absolute Gasteiger partial charge is 0.251 e. The fourth-order valence-electron chi connectivity index (χ4n) is 2.61. The van der Waals surface area contributed by atoms with Crippen LogP contribution in [0.15, 0.2) is 61.2 Å². The molecule has 0 aliphatic carbocycles. The minimum atomic E-state index is -0.249. The van der Waals surface area contributed by atoms with Crippen LogP contribution in [-0.4, -0.2) is 33.1 Å². The maximum absolute atomic E-state index is 12.1. The van der Waals surface area contributed by atoms with Crippen LogP contribution < -0.4 is 10.6 Å². The maximum Gasteiger partial charge on any atom is 0.251 e. The molecule has 3 aromatic rings. The summed E-state index contributed by atoms with van der Waals surface area (Å²) in [5.41, 5.74) is 3.53. The van der Waals surface area contributed by atoms with E-state index in [2.05, 4.69) is 20.7 Å². The van der Waals surface area contributed by atoms with E-state index >= 15 is 0 Å². The van der Waals surface area contributed by atoms with E-state index < -0.39 is 0 Å². The molecule has 0 fully saturated rings. The Labute approximate surface area is 157 Å². The van der Waals surface area contributed by atoms with E-state index in [0.29, 0.717) is 18.7 Å². The number of carbonyl (C=O) groups is 2. The van der Waals surface area contributed by atoms with Crippen molar-refractivity contribution in [3.63, 3.8) is 0 Å². The van der Waals surface area contributed by atoms with Gasteiger partial charge in [-0.05, 0) is 29.7 Å². The van der Waals surface area contributed by atoms with E-state index in [1.807, 2.05) is 43.3 Å². The molecule has 0 atom stereocenters. The molecular formula is C20H21N5O2. The first-order valence-electron chi connectivity index (χ1n) is 8.62. The molecule has 27 heavy (non-hydrogen) atoms. The monoisotopic (exact) mass is 363 g/mol. The van der Waals surface area contributed by atoms with Gasteiger partial charge in [0.05, 0.1) is 13.1 Å². The van der Waals surface area contributed by atoms with Gasteiger partial charge in [0.2, 0.25) is 5.91 Å². The lowest BCUT2D eigenvalue weighted by Crippen LogP contribution is -2.36. The van der Waals surface area contributed by atoms with E-state index in [4.69, 9.17) is 0 Å². The van der Waals surface area contributed by atoms with Crippen LogP contribution in [0.3, 0.4) is 0 Å². The second-order valence-electron chi connectivity index (χ2n) is 6.18. The van der Waals surface area contributed by atoms with Gasteiger partial charge in [-0.3, -0.25) is 9.59 Å². The van der Waals surface area contributed by atoms with E-state index in [1.165, 1.54) is 6.33 Å². The molecule has 0 bridgehead atoms. The summed E-state index contributed by atoms with van der Waals surface area (Å²) in [6, 6.07) is 15.2. The SMILES string of the molecule is Cc1ccccc1C(=O)NCC(=O)NCc1ccc(Cn2cncn2)cc1. The van der Waals surface area contributed by atoms with Crippen molar-refractivity contribution < 1.29 is 9.59 Å². The van der Waals surface area contributed by atoms with Gasteiger partial charge in [0.25, 0.3) is 5.91 Å². The first-order chi connectivity index (χ1) is 13.1. The Morgan fingerprint density at radius 3 is 2.44 bits per heavy atom. The third-order valence-corrected chi connectivity index (χ3v) is 4.12. The van der Waals surface area contributed by atoms with E-state index in [9.17, 15) is 9.59 Å². The number of amides is 2. The van der Waals surface area contributed by atoms with Crippen LogP contribution in [0, 0.1) is 6.92 Å². The van der Waals surface area contributed by atoms with Crippen LogP contribution in [-0.2, 0) is 17.9 Å². The van der Waals surface area contributed by atoms with Crippen molar-refractivity contribution >= 4 is 11.8 Å². The number of nitrogens with one attached hydrogen (secondary N) is 2. The third kappa shape index (κ3) is 5.24. The van der Waals surface area contributed by atoms with Crippen molar-refractivity contribution in [1.29, 1.82) is 0 Å². The lowest BCUT2D eigenvalue weighted by atomic mass is 10.1. The Hall–Kier alpha value is -3.48. The number of nitrogens with zero attached hydrogens (tertiary/aromatic N) is 3. The number of aryl methyl sites for hydroxylation is 1. The highest BCUT2D eigenvalue weighted by Gasteiger charge is 2.09. The average molecular weight is 363 g/mol. The highest BCUT2D eigenvalue weighted by molar-refractivity contribution is 5.97. The van der Waals surface area contributed by atoms with Crippen LogP contribution in [0.1, 0.15) is 27.0 Å². The molecule has 0 aliphatic heterocycles. The van der Waals surface area contributed by atoms with Crippen molar-refractivity contribution in [3.8, 4) is 0 Å². The van der Waals surface area contributed by atoms with Gasteiger partial charge < -0.3 is 10.6 Å². The molecule has 0 radical (unpaired) electrons. The number of hydrogen-bond donors (Lipinski definition) is 2. The predicted octanol–water partition coefficient (Wildman–Crippen LogP) is 1.68. The molecule has 138 valence electrons. The van der Waals surface area contributed by atoms with Gasteiger partial charge in [-0.2, -0.15) is 5.10 Å². The summed E-state index contributed by atoms with van der Waals surface area (Å²) in [6.45, 7) is 2.86. The van der Waals surface area contributed by atoms with Crippen molar-refractivity contribution in [2.45, 2.75) is 20.0 Å². The Balaban J connectivity index is 1.43. The fraction of sp³-hybridized carbons (Fsp3) is 0.200. The molecule has 0 saturated heterocycles. The van der Waals surface area contributed by atoms with E-state index in [0.717, 1.165) is 16.7 Å². The van der Waals surface area contributed by atoms with Gasteiger partial charge in [0.1, 0.15) is 12.7 Å². The standard InChI is InChI=1S/C20H21N5O2/c1-15-4-2-3-5-18(15)20(27)23-11-19(26)22-10-16-6-8-17(9-7-16)12-25-14-21-13-24-25/h2-9,13-14H,10-12H2,1H3,(H,22,26)(H,23,27). The molecule has 1 heterocycles. The molecular weight excluding hydrogens is 342 g/mol. The fourth-order valence-corrected chi connectivity index (χ4v) is 2.61. The second kappa shape index (κ2) is 8.75. The van der Waals surface area contributed by atoms with Crippen molar-refractivity contribution in [2.24, 2.45) is 0 Å². The summed E-state index contributed by atoms with van der Waals surface area (Å²) in [5.74, 6) is -0.482. The molecule has 1 aromatic heterocycles. The van der Waals surface area contributed by atoms with Crippen LogP contribution in [0.4, 0.5) is 0 Å². The summed E-state index contributed by atoms with van der Waals surface area (Å²) in [6.07, 6.45) is 3.17. The maximum atomic E-state index is 12.1. The quantitative estimate of drug-likeness (QED) is 0.668. The zero-order valence-corrected chi connectivity index (χ0v) is 15.1. The third-order valence-electron chi connectivity index (χ3n) is 4.12. The molecule has 0 saturated carbocycles. The zero-order chi connectivity index (χ0) is 19.1. The summed E-state index contributed by atoms with van der Waals surface area (Å²) in [7, 11) is 0. The summed E-state index contributed by atoms with van der Waals surface area (Å²) in [5, 5.41) is 9.52. The average Bonchev–Trinajstić information content (AvgIpc) is 3.19. The Morgan fingerprint density at radius 1 is 1.00 bits per heavy atom. The Morgan fingerprint density at radius 2 is 1.74 bits per heavy atom. The molecule has 0 aliphatic rings. The van der Waals surface area contributed by atoms with Crippen molar-refractivity contribution in [2.75, 3.05) is 6.54 Å². The van der Waals surface area contributed by atoms with E-state index in [1.54, 1.807) is 23.1 Å². The minimum Gasteiger partial charge on any atom is -0.350 e. The van der Waals surface area contributed by atoms with Crippen LogP contribution >= 0.6 is 0 Å². The highest BCUT2D eigenvalue weighted by Crippen LogP contribution is 2.07. The topological polar surface area (TPSA) is 88.9 Å². The van der Waals surface area contributed by atoms with Crippen molar-refractivity contribution in [1.82, 2.24) is 25.4 Å². The molecule has 7 nitrogen and oxygen atoms in total. The van der Waals surface area contributed by atoms with Gasteiger partial charge in [0, 0.05) is 12.1 Å². The minimum absolute atomic E-state index is 0.0580.